The molecule has 1 N–H and O–H groups in total. The van der Waals surface area contributed by atoms with Crippen LogP contribution in [0.3, 0.4) is 0 Å². The van der Waals surface area contributed by atoms with Gasteiger partial charge in [-0.2, -0.15) is 10.1 Å². The van der Waals surface area contributed by atoms with Gasteiger partial charge in [-0.1, -0.05) is 40.2 Å². The van der Waals surface area contributed by atoms with E-state index in [9.17, 15) is 4.79 Å². The summed E-state index contributed by atoms with van der Waals surface area (Å²) >= 11 is 7.39. The maximum atomic E-state index is 12.4. The van der Waals surface area contributed by atoms with Crippen LogP contribution in [0.5, 0.6) is 0 Å². The molecule has 0 bridgehead atoms. The lowest BCUT2D eigenvalue weighted by molar-refractivity contribution is 0.102. The zero-order chi connectivity index (χ0) is 19.0. The molecule has 27 heavy (non-hydrogen) atoms. The van der Waals surface area contributed by atoms with Crippen LogP contribution in [-0.2, 0) is 7.05 Å². The number of hydrogen-bond donors (Lipinski definition) is 1. The van der Waals surface area contributed by atoms with Crippen molar-refractivity contribution in [3.8, 4) is 22.1 Å². The van der Waals surface area contributed by atoms with Crippen LogP contribution in [0.2, 0.25) is 5.02 Å². The number of carbonyl (C=O) groups excluding carboxylic acids is 1. The molecular formula is C17H13ClN6O2S. The molecule has 0 aliphatic carbocycles. The van der Waals surface area contributed by atoms with Crippen LogP contribution in [0.15, 0.2) is 41.1 Å². The summed E-state index contributed by atoms with van der Waals surface area (Å²) < 4.78 is 6.70. The molecule has 0 unspecified atom stereocenters. The molecule has 0 radical (unpaired) electrons. The fourth-order valence-corrected chi connectivity index (χ4v) is 3.55. The molecule has 10 heteroatoms. The van der Waals surface area contributed by atoms with Gasteiger partial charge in [-0.25, -0.2) is 4.98 Å². The molecule has 0 aliphatic rings. The molecule has 136 valence electrons. The first-order valence-corrected chi connectivity index (χ1v) is 9.07. The average Bonchev–Trinajstić information content (AvgIpc) is 3.35. The van der Waals surface area contributed by atoms with Gasteiger partial charge in [0.05, 0.1) is 21.2 Å². The Morgan fingerprint density at radius 1 is 1.33 bits per heavy atom. The van der Waals surface area contributed by atoms with E-state index in [1.54, 1.807) is 42.1 Å². The minimum absolute atomic E-state index is 0.311. The van der Waals surface area contributed by atoms with E-state index in [0.29, 0.717) is 33.1 Å². The zero-order valence-corrected chi connectivity index (χ0v) is 15.9. The van der Waals surface area contributed by atoms with Gasteiger partial charge in [-0.15, -0.1) is 0 Å². The number of benzene rings is 1. The van der Waals surface area contributed by atoms with Crippen molar-refractivity contribution >= 4 is 34.0 Å². The first kappa shape index (κ1) is 17.4. The fourth-order valence-electron chi connectivity index (χ4n) is 2.47. The Morgan fingerprint density at radius 3 is 2.89 bits per heavy atom. The van der Waals surface area contributed by atoms with Crippen LogP contribution < -0.4 is 5.32 Å². The smallest absolute Gasteiger partial charge is 0.258 e. The van der Waals surface area contributed by atoms with Crippen LogP contribution in [-0.4, -0.2) is 30.8 Å². The monoisotopic (exact) mass is 400 g/mol. The predicted molar refractivity (Wildman–Crippen MR) is 102 cm³/mol. The molecule has 3 aromatic heterocycles. The SMILES string of the molecule is Cc1nc(-c2cc(-c3cnc(NC(=O)c4ccccc4Cl)s3)n(C)n2)no1. The number of thiazole rings is 1. The highest BCUT2D eigenvalue weighted by atomic mass is 35.5. The van der Waals surface area contributed by atoms with Crippen LogP contribution >= 0.6 is 22.9 Å². The summed E-state index contributed by atoms with van der Waals surface area (Å²) in [5.41, 5.74) is 1.81. The summed E-state index contributed by atoms with van der Waals surface area (Å²) in [5.74, 6) is 0.583. The number of halogens is 1. The number of anilines is 1. The van der Waals surface area contributed by atoms with Crippen molar-refractivity contribution in [2.45, 2.75) is 6.92 Å². The number of aromatic nitrogens is 5. The quantitative estimate of drug-likeness (QED) is 0.559. The number of nitrogens with one attached hydrogen (secondary N) is 1. The summed E-state index contributed by atoms with van der Waals surface area (Å²) in [4.78, 5) is 21.7. The van der Waals surface area contributed by atoms with Crippen LogP contribution in [0, 0.1) is 6.92 Å². The molecule has 1 aromatic carbocycles. The molecule has 4 aromatic rings. The summed E-state index contributed by atoms with van der Waals surface area (Å²) in [5, 5.41) is 11.9. The van der Waals surface area contributed by atoms with Crippen molar-refractivity contribution in [3.05, 3.63) is 53.0 Å². The van der Waals surface area contributed by atoms with Gasteiger partial charge in [0.1, 0.15) is 5.69 Å². The molecule has 4 rings (SSSR count). The lowest BCUT2D eigenvalue weighted by Gasteiger charge is -2.03. The van der Waals surface area contributed by atoms with Gasteiger partial charge in [0.2, 0.25) is 11.7 Å². The molecule has 0 spiro atoms. The van der Waals surface area contributed by atoms with Gasteiger partial charge in [0.25, 0.3) is 5.91 Å². The number of carbonyl (C=O) groups is 1. The Kier molecular flexibility index (Phi) is 4.46. The minimum Gasteiger partial charge on any atom is -0.339 e. The van der Waals surface area contributed by atoms with Crippen molar-refractivity contribution in [2.24, 2.45) is 7.05 Å². The average molecular weight is 401 g/mol. The van der Waals surface area contributed by atoms with Gasteiger partial charge >= 0.3 is 0 Å². The van der Waals surface area contributed by atoms with E-state index in [1.165, 1.54) is 11.3 Å². The fraction of sp³-hybridized carbons (Fsp3) is 0.118. The molecule has 0 fully saturated rings. The predicted octanol–water partition coefficient (Wildman–Crippen LogP) is 3.81. The molecule has 1 amide bonds. The molecule has 0 aliphatic heterocycles. The number of rotatable bonds is 4. The zero-order valence-electron chi connectivity index (χ0n) is 14.3. The second-order valence-electron chi connectivity index (χ2n) is 5.64. The molecule has 0 saturated carbocycles. The summed E-state index contributed by atoms with van der Waals surface area (Å²) in [7, 11) is 1.81. The van der Waals surface area contributed by atoms with Gasteiger partial charge in [-0.05, 0) is 18.2 Å². The Labute approximate surface area is 162 Å². The van der Waals surface area contributed by atoms with E-state index in [1.807, 2.05) is 13.1 Å². The molecule has 8 nitrogen and oxygen atoms in total. The number of hydrogen-bond acceptors (Lipinski definition) is 7. The number of amides is 1. The highest BCUT2D eigenvalue weighted by Crippen LogP contribution is 2.31. The topological polar surface area (TPSA) is 98.7 Å². The first-order valence-electron chi connectivity index (χ1n) is 7.88. The van der Waals surface area contributed by atoms with E-state index >= 15 is 0 Å². The first-order chi connectivity index (χ1) is 13.0. The van der Waals surface area contributed by atoms with Gasteiger partial charge < -0.3 is 4.52 Å². The van der Waals surface area contributed by atoms with Crippen molar-refractivity contribution in [1.82, 2.24) is 24.9 Å². The van der Waals surface area contributed by atoms with Crippen molar-refractivity contribution in [2.75, 3.05) is 5.32 Å². The van der Waals surface area contributed by atoms with E-state index in [0.717, 1.165) is 10.6 Å². The lowest BCUT2D eigenvalue weighted by atomic mass is 10.2. The van der Waals surface area contributed by atoms with E-state index in [-0.39, 0.29) is 5.91 Å². The maximum absolute atomic E-state index is 12.4. The third-order valence-electron chi connectivity index (χ3n) is 3.73. The Morgan fingerprint density at radius 2 is 2.15 bits per heavy atom. The highest BCUT2D eigenvalue weighted by molar-refractivity contribution is 7.19. The number of aryl methyl sites for hydroxylation is 2. The molecule has 3 heterocycles. The van der Waals surface area contributed by atoms with Crippen LogP contribution in [0.4, 0.5) is 5.13 Å². The van der Waals surface area contributed by atoms with Gasteiger partial charge in [0.15, 0.2) is 5.13 Å². The maximum Gasteiger partial charge on any atom is 0.258 e. The second kappa shape index (κ2) is 6.93. The normalized spacial score (nSPS) is 10.9. The van der Waals surface area contributed by atoms with E-state index < -0.39 is 0 Å². The Bertz CT molecular complexity index is 1130. The van der Waals surface area contributed by atoms with Crippen molar-refractivity contribution in [3.63, 3.8) is 0 Å². The molecular weight excluding hydrogens is 388 g/mol. The largest absolute Gasteiger partial charge is 0.339 e. The van der Waals surface area contributed by atoms with Crippen molar-refractivity contribution < 1.29 is 9.32 Å². The Balaban J connectivity index is 1.57. The summed E-state index contributed by atoms with van der Waals surface area (Å²) in [6.45, 7) is 1.72. The van der Waals surface area contributed by atoms with Crippen molar-refractivity contribution in [1.29, 1.82) is 0 Å². The van der Waals surface area contributed by atoms with Crippen LogP contribution in [0.25, 0.3) is 22.1 Å². The van der Waals surface area contributed by atoms with Gasteiger partial charge in [-0.3, -0.25) is 14.8 Å². The summed E-state index contributed by atoms with van der Waals surface area (Å²) in [6.07, 6.45) is 1.68. The van der Waals surface area contributed by atoms with Crippen LogP contribution in [0.1, 0.15) is 16.2 Å². The highest BCUT2D eigenvalue weighted by Gasteiger charge is 2.17. The third kappa shape index (κ3) is 3.46. The molecule has 0 atom stereocenters. The van der Waals surface area contributed by atoms with E-state index in [2.05, 4.69) is 25.5 Å². The van der Waals surface area contributed by atoms with E-state index in [4.69, 9.17) is 16.1 Å². The number of nitrogens with zero attached hydrogens (tertiary/aromatic N) is 5. The third-order valence-corrected chi connectivity index (χ3v) is 5.00. The standard InChI is InChI=1S/C17H13ClN6O2S/c1-9-20-15(23-26-9)12-7-13(24(2)22-12)14-8-19-17(27-14)21-16(25)10-5-3-4-6-11(10)18/h3-8H,1-2H3,(H,19,21,25). The summed E-state index contributed by atoms with van der Waals surface area (Å²) in [6, 6.07) is 8.70. The lowest BCUT2D eigenvalue weighted by Crippen LogP contribution is -2.11. The molecule has 0 saturated heterocycles. The van der Waals surface area contributed by atoms with Gasteiger partial charge in [0, 0.05) is 20.2 Å². The minimum atomic E-state index is -0.311. The second-order valence-corrected chi connectivity index (χ2v) is 7.08. The Hall–Kier alpha value is -3.04.